The number of thioether (sulfide) groups is 1. The summed E-state index contributed by atoms with van der Waals surface area (Å²) in [6, 6.07) is 14.4. The van der Waals surface area contributed by atoms with Gasteiger partial charge in [0, 0.05) is 32.5 Å². The molecule has 2 rings (SSSR count). The maximum absolute atomic E-state index is 12.8. The van der Waals surface area contributed by atoms with Crippen molar-refractivity contribution in [2.24, 2.45) is 5.92 Å². The number of rotatable bonds is 8. The zero-order valence-electron chi connectivity index (χ0n) is 16.1. The second kappa shape index (κ2) is 9.94. The van der Waals surface area contributed by atoms with Crippen LogP contribution < -0.4 is 10.2 Å². The molecule has 0 saturated heterocycles. The predicted octanol–water partition coefficient (Wildman–Crippen LogP) is 3.53. The van der Waals surface area contributed by atoms with Gasteiger partial charge in [-0.25, -0.2) is 4.79 Å². The van der Waals surface area contributed by atoms with Crippen molar-refractivity contribution in [1.82, 2.24) is 0 Å². The number of carbonyl (C=O) groups excluding carboxylic acids is 2. The number of benzene rings is 2. The average Bonchev–Trinajstić information content (AvgIpc) is 2.65. The molecule has 0 saturated carbocycles. The molecule has 2 aromatic rings. The first-order valence-electron chi connectivity index (χ1n) is 8.80. The minimum Gasteiger partial charge on any atom is -0.478 e. The lowest BCUT2D eigenvalue weighted by Crippen LogP contribution is -2.27. The second-order valence-electron chi connectivity index (χ2n) is 6.61. The van der Waals surface area contributed by atoms with Crippen LogP contribution in [0, 0.1) is 5.92 Å². The number of nitrogens with one attached hydrogen (secondary N) is 1. The molecule has 0 bridgehead atoms. The molecule has 28 heavy (non-hydrogen) atoms. The normalized spacial score (nSPS) is 11.5. The van der Waals surface area contributed by atoms with E-state index in [1.807, 2.05) is 30.3 Å². The van der Waals surface area contributed by atoms with Gasteiger partial charge in [-0.1, -0.05) is 42.1 Å². The zero-order valence-corrected chi connectivity index (χ0v) is 17.0. The molecule has 1 amide bonds. The van der Waals surface area contributed by atoms with Gasteiger partial charge in [-0.05, 0) is 30.2 Å². The van der Waals surface area contributed by atoms with Gasteiger partial charge in [0.1, 0.15) is 0 Å². The molecule has 0 aliphatic heterocycles. The Hall–Kier alpha value is -2.80. The average molecular weight is 401 g/mol. The monoisotopic (exact) mass is 400 g/mol. The maximum Gasteiger partial charge on any atom is 0.337 e. The molecule has 0 aromatic heterocycles. The Morgan fingerprint density at radius 3 is 2.36 bits per heavy atom. The second-order valence-corrected chi connectivity index (χ2v) is 7.81. The van der Waals surface area contributed by atoms with Crippen LogP contribution in [0.15, 0.2) is 48.5 Å². The Kier molecular flexibility index (Phi) is 7.63. The fourth-order valence-corrected chi connectivity index (χ4v) is 3.47. The first-order valence-corrected chi connectivity index (χ1v) is 9.79. The fourth-order valence-electron chi connectivity index (χ4n) is 2.76. The molecule has 148 valence electrons. The first kappa shape index (κ1) is 21.5. The van der Waals surface area contributed by atoms with Gasteiger partial charge >= 0.3 is 5.97 Å². The molecule has 6 nitrogen and oxygen atoms in total. The molecule has 1 atom stereocenters. The van der Waals surface area contributed by atoms with Crippen LogP contribution in [0.3, 0.4) is 0 Å². The SMILES string of the molecule is CC(=O)SCC(Cc1ccccc1)C(=O)Nc1ccc(N(C)C)c(C(=O)O)c1. The minimum absolute atomic E-state index is 0.0469. The lowest BCUT2D eigenvalue weighted by molar-refractivity contribution is -0.119. The molecule has 0 heterocycles. The predicted molar refractivity (Wildman–Crippen MR) is 113 cm³/mol. The summed E-state index contributed by atoms with van der Waals surface area (Å²) in [7, 11) is 3.52. The molecule has 0 aliphatic rings. The summed E-state index contributed by atoms with van der Waals surface area (Å²) in [5.74, 6) is -1.37. The molecule has 2 N–H and O–H groups in total. The molecule has 0 aliphatic carbocycles. The molecular formula is C21H24N2O4S. The number of aromatic carboxylic acids is 1. The summed E-state index contributed by atoms with van der Waals surface area (Å²) in [4.78, 5) is 37.4. The summed E-state index contributed by atoms with van der Waals surface area (Å²) in [6.07, 6.45) is 0.495. The number of hydrogen-bond donors (Lipinski definition) is 2. The highest BCUT2D eigenvalue weighted by Crippen LogP contribution is 2.24. The summed E-state index contributed by atoms with van der Waals surface area (Å²) in [5.41, 5.74) is 2.08. The van der Waals surface area contributed by atoms with E-state index in [4.69, 9.17) is 0 Å². The fraction of sp³-hybridized carbons (Fsp3) is 0.286. The summed E-state index contributed by atoms with van der Waals surface area (Å²) >= 11 is 1.11. The van der Waals surface area contributed by atoms with Crippen molar-refractivity contribution < 1.29 is 19.5 Å². The zero-order chi connectivity index (χ0) is 20.7. The molecular weight excluding hydrogens is 376 g/mol. The molecule has 2 aromatic carbocycles. The van der Waals surface area contributed by atoms with Crippen LogP contribution in [0.1, 0.15) is 22.8 Å². The van der Waals surface area contributed by atoms with Crippen molar-refractivity contribution in [1.29, 1.82) is 0 Å². The summed E-state index contributed by atoms with van der Waals surface area (Å²) in [6.45, 7) is 1.47. The van der Waals surface area contributed by atoms with E-state index in [1.165, 1.54) is 13.0 Å². The smallest absolute Gasteiger partial charge is 0.337 e. The van der Waals surface area contributed by atoms with Crippen LogP contribution in [0.5, 0.6) is 0 Å². The van der Waals surface area contributed by atoms with Gasteiger partial charge in [-0.3, -0.25) is 9.59 Å². The van der Waals surface area contributed by atoms with Crippen molar-refractivity contribution in [3.8, 4) is 0 Å². The summed E-state index contributed by atoms with van der Waals surface area (Å²) in [5, 5.41) is 12.2. The van der Waals surface area contributed by atoms with Crippen LogP contribution in [0.4, 0.5) is 11.4 Å². The number of anilines is 2. The number of carboxylic acid groups (broad SMARTS) is 1. The highest BCUT2D eigenvalue weighted by Gasteiger charge is 2.21. The first-order chi connectivity index (χ1) is 13.3. The standard InChI is InChI=1S/C21H24N2O4S/c1-14(24)28-13-16(11-15-7-5-4-6-8-15)20(25)22-17-9-10-19(23(2)3)18(12-17)21(26)27/h4-10,12,16H,11,13H2,1-3H3,(H,22,25)(H,26,27). The lowest BCUT2D eigenvalue weighted by Gasteiger charge is -2.19. The van der Waals surface area contributed by atoms with Crippen LogP contribution in [0.25, 0.3) is 0 Å². The number of carbonyl (C=O) groups is 3. The Morgan fingerprint density at radius 2 is 1.79 bits per heavy atom. The van der Waals surface area contributed by atoms with Gasteiger partial charge in [-0.15, -0.1) is 0 Å². The number of carboxylic acids is 1. The third-order valence-electron chi connectivity index (χ3n) is 4.16. The van der Waals surface area contributed by atoms with E-state index in [2.05, 4.69) is 5.32 Å². The van der Waals surface area contributed by atoms with Crippen LogP contribution in [-0.2, 0) is 16.0 Å². The number of amides is 1. The van der Waals surface area contributed by atoms with Crippen molar-refractivity contribution in [3.63, 3.8) is 0 Å². The van der Waals surface area contributed by atoms with Gasteiger partial charge in [0.25, 0.3) is 0 Å². The third kappa shape index (κ3) is 6.13. The van der Waals surface area contributed by atoms with E-state index < -0.39 is 11.9 Å². The van der Waals surface area contributed by atoms with Crippen LogP contribution >= 0.6 is 11.8 Å². The quantitative estimate of drug-likeness (QED) is 0.705. The van der Waals surface area contributed by atoms with Crippen LogP contribution in [-0.4, -0.2) is 41.9 Å². The maximum atomic E-state index is 12.8. The molecule has 1 unspecified atom stereocenters. The molecule has 7 heteroatoms. The molecule has 0 radical (unpaired) electrons. The van der Waals surface area contributed by atoms with E-state index in [9.17, 15) is 19.5 Å². The Labute approximate surface area is 168 Å². The largest absolute Gasteiger partial charge is 0.478 e. The molecule has 0 fully saturated rings. The molecule has 0 spiro atoms. The van der Waals surface area contributed by atoms with Gasteiger partial charge < -0.3 is 15.3 Å². The van der Waals surface area contributed by atoms with E-state index >= 15 is 0 Å². The Morgan fingerprint density at radius 1 is 1.11 bits per heavy atom. The lowest BCUT2D eigenvalue weighted by atomic mass is 10.00. The van der Waals surface area contributed by atoms with Crippen molar-refractivity contribution in [3.05, 3.63) is 59.7 Å². The highest BCUT2D eigenvalue weighted by molar-refractivity contribution is 8.13. The minimum atomic E-state index is -1.06. The van der Waals surface area contributed by atoms with Gasteiger partial charge in [0.2, 0.25) is 5.91 Å². The van der Waals surface area contributed by atoms with Gasteiger partial charge in [0.15, 0.2) is 5.12 Å². The number of hydrogen-bond acceptors (Lipinski definition) is 5. The number of nitrogens with zero attached hydrogens (tertiary/aromatic N) is 1. The van der Waals surface area contributed by atoms with E-state index in [0.717, 1.165) is 17.3 Å². The Bertz CT molecular complexity index is 853. The van der Waals surface area contributed by atoms with Crippen molar-refractivity contribution in [2.75, 3.05) is 30.1 Å². The van der Waals surface area contributed by atoms with E-state index in [-0.39, 0.29) is 16.6 Å². The topological polar surface area (TPSA) is 86.7 Å². The van der Waals surface area contributed by atoms with Crippen LogP contribution in [0.2, 0.25) is 0 Å². The highest BCUT2D eigenvalue weighted by atomic mass is 32.2. The van der Waals surface area contributed by atoms with Crippen molar-refractivity contribution >= 4 is 40.1 Å². The van der Waals surface area contributed by atoms with E-state index in [1.54, 1.807) is 31.1 Å². The van der Waals surface area contributed by atoms with Gasteiger partial charge in [-0.2, -0.15) is 0 Å². The van der Waals surface area contributed by atoms with Crippen molar-refractivity contribution in [2.45, 2.75) is 13.3 Å². The third-order valence-corrected chi connectivity index (χ3v) is 5.14. The van der Waals surface area contributed by atoms with Gasteiger partial charge in [0.05, 0.1) is 17.2 Å². The van der Waals surface area contributed by atoms with E-state index in [0.29, 0.717) is 23.5 Å². The Balaban J connectivity index is 2.20. The summed E-state index contributed by atoms with van der Waals surface area (Å²) < 4.78 is 0.